The molecular formula is C30H28N2O7S2. The molecule has 0 radical (unpaired) electrons. The number of thiazole rings is 1. The second-order valence-electron chi connectivity index (χ2n) is 10.9. The molecule has 7 rings (SSSR count). The Balaban J connectivity index is 1.26. The van der Waals surface area contributed by atoms with Gasteiger partial charge in [0, 0.05) is 16.0 Å². The van der Waals surface area contributed by atoms with Gasteiger partial charge in [-0.25, -0.2) is 4.79 Å². The Morgan fingerprint density at radius 1 is 0.976 bits per heavy atom. The largest absolute Gasteiger partial charge is 0.493 e. The van der Waals surface area contributed by atoms with Crippen molar-refractivity contribution in [2.45, 2.75) is 29.5 Å². The summed E-state index contributed by atoms with van der Waals surface area (Å²) < 4.78 is 16.1. The van der Waals surface area contributed by atoms with Crippen LogP contribution in [0.3, 0.4) is 0 Å². The van der Waals surface area contributed by atoms with E-state index in [0.717, 1.165) is 21.9 Å². The van der Waals surface area contributed by atoms with Crippen LogP contribution < -0.4 is 19.2 Å². The summed E-state index contributed by atoms with van der Waals surface area (Å²) in [5.41, 5.74) is 1.84. The number of amides is 2. The van der Waals surface area contributed by atoms with Gasteiger partial charge in [-0.15, -0.1) is 11.8 Å². The Labute approximate surface area is 244 Å². The van der Waals surface area contributed by atoms with Crippen molar-refractivity contribution >= 4 is 46.6 Å². The number of methoxy groups -OCH3 is 2. The van der Waals surface area contributed by atoms with Crippen molar-refractivity contribution in [1.82, 2.24) is 4.98 Å². The number of ether oxygens (including phenoxy) is 3. The lowest BCUT2D eigenvalue weighted by Crippen LogP contribution is -2.42. The molecule has 212 valence electrons. The maximum absolute atomic E-state index is 14.0. The summed E-state index contributed by atoms with van der Waals surface area (Å²) in [5.74, 6) is -0.427. The number of H-pyrrole nitrogens is 1. The molecule has 7 atom stereocenters. The molecule has 2 aliphatic heterocycles. The molecule has 0 spiro atoms. The van der Waals surface area contributed by atoms with E-state index >= 15 is 0 Å². The number of fused-ring (bicyclic) bond motifs is 9. The van der Waals surface area contributed by atoms with Crippen LogP contribution in [0.4, 0.5) is 5.69 Å². The van der Waals surface area contributed by atoms with Gasteiger partial charge in [-0.1, -0.05) is 17.4 Å². The van der Waals surface area contributed by atoms with Crippen molar-refractivity contribution in [3.8, 4) is 11.5 Å². The molecule has 2 aromatic carbocycles. The second-order valence-corrected chi connectivity index (χ2v) is 13.1. The van der Waals surface area contributed by atoms with E-state index in [0.29, 0.717) is 22.7 Å². The van der Waals surface area contributed by atoms with Gasteiger partial charge in [0.2, 0.25) is 11.8 Å². The first-order chi connectivity index (χ1) is 19.9. The number of benzene rings is 2. The lowest BCUT2D eigenvalue weighted by atomic mass is 9.68. The third-order valence-corrected chi connectivity index (χ3v) is 11.7. The van der Waals surface area contributed by atoms with Crippen LogP contribution in [0.2, 0.25) is 0 Å². The Morgan fingerprint density at radius 3 is 2.37 bits per heavy atom. The predicted octanol–water partition coefficient (Wildman–Crippen LogP) is 4.31. The van der Waals surface area contributed by atoms with E-state index in [-0.39, 0.29) is 52.2 Å². The maximum atomic E-state index is 14.0. The highest BCUT2D eigenvalue weighted by Gasteiger charge is 2.69. The van der Waals surface area contributed by atoms with Crippen molar-refractivity contribution in [3.05, 3.63) is 68.1 Å². The van der Waals surface area contributed by atoms with Crippen molar-refractivity contribution in [1.29, 1.82) is 0 Å². The highest BCUT2D eigenvalue weighted by Crippen LogP contribution is 2.68. The number of imide groups is 1. The molecule has 1 aromatic heterocycles. The zero-order chi connectivity index (χ0) is 28.6. The maximum Gasteiger partial charge on any atom is 0.338 e. The SMILES string of the molecule is CCOC(=O)c1ccc(N2C(=O)C3C4CC(C3C2=O)C2C4Sc3[nH]c(=O)sc3[C@@H]2c2ccc(OC)c(OC)c2)cc1. The molecule has 6 unspecified atom stereocenters. The standard InChI is InChI=1S/C30H28N2O7S2/c1-4-39-29(35)13-5-8-15(9-6-13)32-27(33)22-16-12-17(23(22)28(32)34)24-21(16)20(25-26(40-24)31-30(36)41-25)14-7-10-18(37-2)19(11-14)38-3/h5-11,16-17,20-24H,4,12H2,1-3H3,(H,31,36)/t16?,17?,20-,21?,22?,23?,24?/m1/s1. The van der Waals surface area contributed by atoms with Crippen molar-refractivity contribution in [3.63, 3.8) is 0 Å². The Kier molecular flexibility index (Phi) is 6.27. The molecule has 2 saturated carbocycles. The molecule has 3 heterocycles. The van der Waals surface area contributed by atoms with E-state index in [1.165, 1.54) is 16.2 Å². The van der Waals surface area contributed by atoms with E-state index in [9.17, 15) is 19.2 Å². The van der Waals surface area contributed by atoms with Gasteiger partial charge >= 0.3 is 10.8 Å². The first-order valence-corrected chi connectivity index (χ1v) is 15.3. The van der Waals surface area contributed by atoms with Gasteiger partial charge in [0.15, 0.2) is 11.5 Å². The lowest BCUT2D eigenvalue weighted by Gasteiger charge is -2.43. The van der Waals surface area contributed by atoms with Gasteiger partial charge < -0.3 is 19.2 Å². The second kappa shape index (κ2) is 9.77. The number of anilines is 1. The van der Waals surface area contributed by atoms with Gasteiger partial charge in [-0.2, -0.15) is 0 Å². The number of nitrogens with zero attached hydrogens (tertiary/aromatic N) is 1. The third kappa shape index (κ3) is 3.81. The number of nitrogens with one attached hydrogen (secondary N) is 1. The van der Waals surface area contributed by atoms with Crippen LogP contribution in [0.15, 0.2) is 52.3 Å². The van der Waals surface area contributed by atoms with Gasteiger partial charge in [-0.05, 0) is 73.1 Å². The molecule has 41 heavy (non-hydrogen) atoms. The molecule has 1 saturated heterocycles. The average Bonchev–Trinajstić information content (AvgIpc) is 3.71. The monoisotopic (exact) mass is 592 g/mol. The highest BCUT2D eigenvalue weighted by molar-refractivity contribution is 8.00. The van der Waals surface area contributed by atoms with Gasteiger partial charge in [-0.3, -0.25) is 19.3 Å². The van der Waals surface area contributed by atoms with Gasteiger partial charge in [0.1, 0.15) is 0 Å². The summed E-state index contributed by atoms with van der Waals surface area (Å²) in [6, 6.07) is 12.3. The first kappa shape index (κ1) is 26.3. The molecule has 9 nitrogen and oxygen atoms in total. The Morgan fingerprint density at radius 2 is 1.68 bits per heavy atom. The van der Waals surface area contributed by atoms with Crippen LogP contribution in [0.25, 0.3) is 0 Å². The number of esters is 1. The van der Waals surface area contributed by atoms with E-state index in [2.05, 4.69) is 4.98 Å². The van der Waals surface area contributed by atoms with Crippen molar-refractivity contribution in [2.75, 3.05) is 25.7 Å². The summed E-state index contributed by atoms with van der Waals surface area (Å²) >= 11 is 2.87. The quantitative estimate of drug-likeness (QED) is 0.333. The fourth-order valence-electron chi connectivity index (χ4n) is 7.65. The lowest BCUT2D eigenvalue weighted by molar-refractivity contribution is -0.123. The summed E-state index contributed by atoms with van der Waals surface area (Å²) in [5, 5.41) is 0.938. The fraction of sp³-hybridized carbons (Fsp3) is 0.400. The topological polar surface area (TPSA) is 115 Å². The van der Waals surface area contributed by atoms with Gasteiger partial charge in [0.05, 0.1) is 48.9 Å². The summed E-state index contributed by atoms with van der Waals surface area (Å²) in [4.78, 5) is 57.7. The van der Waals surface area contributed by atoms with Crippen molar-refractivity contribution < 1.29 is 28.6 Å². The molecular weight excluding hydrogens is 564 g/mol. The number of hydrogen-bond acceptors (Lipinski definition) is 9. The minimum Gasteiger partial charge on any atom is -0.493 e. The van der Waals surface area contributed by atoms with Gasteiger partial charge in [0.25, 0.3) is 0 Å². The van der Waals surface area contributed by atoms with Crippen LogP contribution >= 0.6 is 23.1 Å². The zero-order valence-corrected chi connectivity index (χ0v) is 24.3. The van der Waals surface area contributed by atoms with Crippen LogP contribution in [0, 0.1) is 29.6 Å². The molecule has 3 aromatic rings. The van der Waals surface area contributed by atoms with Crippen LogP contribution in [0.5, 0.6) is 11.5 Å². The molecule has 4 aliphatic rings. The summed E-state index contributed by atoms with van der Waals surface area (Å²) in [7, 11) is 3.19. The number of carbonyl (C=O) groups is 3. The van der Waals surface area contributed by atoms with E-state index in [1.54, 1.807) is 57.2 Å². The number of hydrogen-bond donors (Lipinski definition) is 1. The highest BCUT2D eigenvalue weighted by atomic mass is 32.2. The predicted molar refractivity (Wildman–Crippen MR) is 153 cm³/mol. The van der Waals surface area contributed by atoms with E-state index < -0.39 is 17.8 Å². The summed E-state index contributed by atoms with van der Waals surface area (Å²) in [6.07, 6.45) is 0.799. The fourth-order valence-corrected chi connectivity index (χ4v) is 10.5. The summed E-state index contributed by atoms with van der Waals surface area (Å²) in [6.45, 7) is 2.00. The number of rotatable bonds is 6. The Bertz CT molecular complexity index is 1630. The number of thioether (sulfide) groups is 1. The molecule has 2 amide bonds. The van der Waals surface area contributed by atoms with E-state index in [1.807, 2.05) is 18.2 Å². The molecule has 2 bridgehead atoms. The zero-order valence-electron chi connectivity index (χ0n) is 22.6. The smallest absolute Gasteiger partial charge is 0.338 e. The average molecular weight is 593 g/mol. The molecule has 2 aliphatic carbocycles. The molecule has 11 heteroatoms. The third-order valence-electron chi connectivity index (χ3n) is 9.13. The number of carbonyl (C=O) groups excluding carboxylic acids is 3. The van der Waals surface area contributed by atoms with E-state index in [4.69, 9.17) is 14.2 Å². The first-order valence-electron chi connectivity index (χ1n) is 13.6. The van der Waals surface area contributed by atoms with Crippen LogP contribution in [-0.4, -0.2) is 48.8 Å². The normalized spacial score (nSPS) is 29.2. The number of aromatic amines is 1. The molecule has 1 N–H and O–H groups in total. The number of aromatic nitrogens is 1. The molecule has 3 fully saturated rings. The van der Waals surface area contributed by atoms with Crippen LogP contribution in [0.1, 0.15) is 40.1 Å². The minimum absolute atomic E-state index is 0.00814. The van der Waals surface area contributed by atoms with Crippen LogP contribution in [-0.2, 0) is 14.3 Å². The Hall–Kier alpha value is -3.57. The van der Waals surface area contributed by atoms with Crippen molar-refractivity contribution in [2.24, 2.45) is 29.6 Å². The minimum atomic E-state index is -0.444.